The minimum atomic E-state index is 0.589. The van der Waals surface area contributed by atoms with Crippen molar-refractivity contribution in [3.63, 3.8) is 0 Å². The first-order valence-electron chi connectivity index (χ1n) is 5.38. The van der Waals surface area contributed by atoms with Gasteiger partial charge in [0.25, 0.3) is 0 Å². The van der Waals surface area contributed by atoms with Crippen molar-refractivity contribution in [1.82, 2.24) is 5.32 Å². The second-order valence-electron chi connectivity index (χ2n) is 3.49. The molecule has 0 atom stereocenters. The lowest BCUT2D eigenvalue weighted by Gasteiger charge is -2.05. The molecule has 0 radical (unpaired) electrons. The zero-order chi connectivity index (χ0) is 11.8. The molecule has 2 N–H and O–H groups in total. The molecular formula is C13H18N2S. The van der Waals surface area contributed by atoms with Gasteiger partial charge in [0.1, 0.15) is 0 Å². The Balaban J connectivity index is 2.81. The third-order valence-electron chi connectivity index (χ3n) is 2.04. The summed E-state index contributed by atoms with van der Waals surface area (Å²) in [5.41, 5.74) is 1.16. The number of nitrogens with one attached hydrogen (secondary N) is 2. The van der Waals surface area contributed by atoms with Crippen LogP contribution in [-0.2, 0) is 0 Å². The van der Waals surface area contributed by atoms with E-state index in [9.17, 15) is 0 Å². The van der Waals surface area contributed by atoms with Crippen molar-refractivity contribution in [2.75, 3.05) is 7.05 Å². The molecule has 0 saturated carbocycles. The maximum atomic E-state index is 7.45. The van der Waals surface area contributed by atoms with Gasteiger partial charge in [0.05, 0.1) is 10.1 Å². The van der Waals surface area contributed by atoms with Crippen molar-refractivity contribution >= 4 is 16.8 Å². The Labute approximate surface area is 102 Å². The van der Waals surface area contributed by atoms with Gasteiger partial charge in [-0.25, -0.2) is 0 Å². The SMILES string of the molecule is CN\C(=C/C1=C/C=C\CC/C=C\1)SC(C)=N. The van der Waals surface area contributed by atoms with Gasteiger partial charge in [0.15, 0.2) is 0 Å². The van der Waals surface area contributed by atoms with Crippen LogP contribution in [0.1, 0.15) is 19.8 Å². The topological polar surface area (TPSA) is 35.9 Å². The molecular weight excluding hydrogens is 216 g/mol. The number of hydrogen-bond donors (Lipinski definition) is 2. The Morgan fingerprint density at radius 2 is 2.19 bits per heavy atom. The summed E-state index contributed by atoms with van der Waals surface area (Å²) in [5.74, 6) is 0. The molecule has 3 heteroatoms. The molecule has 0 bridgehead atoms. The third-order valence-corrected chi connectivity index (χ3v) is 2.89. The first-order chi connectivity index (χ1) is 7.72. The van der Waals surface area contributed by atoms with Crippen LogP contribution in [0.15, 0.2) is 47.1 Å². The van der Waals surface area contributed by atoms with Gasteiger partial charge in [-0.2, -0.15) is 0 Å². The molecule has 1 aliphatic rings. The average molecular weight is 234 g/mol. The van der Waals surface area contributed by atoms with Crippen LogP contribution in [0.25, 0.3) is 0 Å². The van der Waals surface area contributed by atoms with Crippen LogP contribution >= 0.6 is 11.8 Å². The summed E-state index contributed by atoms with van der Waals surface area (Å²) in [6.07, 6.45) is 14.9. The monoisotopic (exact) mass is 234 g/mol. The molecule has 0 fully saturated rings. The fraction of sp³-hybridized carbons (Fsp3) is 0.308. The highest BCUT2D eigenvalue weighted by Gasteiger charge is 1.98. The Morgan fingerprint density at radius 3 is 2.88 bits per heavy atom. The average Bonchev–Trinajstić information content (AvgIpc) is 2.19. The van der Waals surface area contributed by atoms with Gasteiger partial charge in [0.2, 0.25) is 0 Å². The molecule has 0 heterocycles. The highest BCUT2D eigenvalue weighted by atomic mass is 32.2. The zero-order valence-corrected chi connectivity index (χ0v) is 10.6. The summed E-state index contributed by atoms with van der Waals surface area (Å²) in [4.78, 5) is 0. The van der Waals surface area contributed by atoms with Gasteiger partial charge in [-0.1, -0.05) is 42.1 Å². The summed E-state index contributed by atoms with van der Waals surface area (Å²) in [6.45, 7) is 1.79. The standard InChI is InChI=1S/C13H18N2S/c1-11(14)16-13(15-2)10-12-8-6-4-3-5-7-9-12/h4,6-10,14-15H,3,5H2,1-2H3/b6-4-,9-7-,12-8+,13-10+,14-11?. The Hall–Kier alpha value is -1.22. The minimum Gasteiger partial charge on any atom is -0.383 e. The molecule has 0 saturated heterocycles. The Bertz CT molecular complexity index is 362. The van der Waals surface area contributed by atoms with Crippen LogP contribution in [0, 0.1) is 5.41 Å². The zero-order valence-electron chi connectivity index (χ0n) is 9.79. The molecule has 0 aromatic rings. The van der Waals surface area contributed by atoms with Crippen molar-refractivity contribution in [2.45, 2.75) is 19.8 Å². The first-order valence-corrected chi connectivity index (χ1v) is 6.20. The van der Waals surface area contributed by atoms with Crippen molar-refractivity contribution in [2.24, 2.45) is 0 Å². The van der Waals surface area contributed by atoms with Crippen LogP contribution < -0.4 is 5.32 Å². The van der Waals surface area contributed by atoms with Crippen molar-refractivity contribution in [1.29, 1.82) is 5.41 Å². The fourth-order valence-corrected chi connectivity index (χ4v) is 1.93. The van der Waals surface area contributed by atoms with E-state index in [0.717, 1.165) is 23.4 Å². The van der Waals surface area contributed by atoms with E-state index in [1.165, 1.54) is 11.8 Å². The van der Waals surface area contributed by atoms with Gasteiger partial charge in [-0.15, -0.1) is 0 Å². The van der Waals surface area contributed by atoms with E-state index < -0.39 is 0 Å². The Kier molecular flexibility index (Phi) is 5.72. The van der Waals surface area contributed by atoms with E-state index >= 15 is 0 Å². The molecule has 86 valence electrons. The van der Waals surface area contributed by atoms with E-state index in [2.05, 4.69) is 41.8 Å². The van der Waals surface area contributed by atoms with Crippen LogP contribution in [-0.4, -0.2) is 12.1 Å². The second kappa shape index (κ2) is 7.12. The quantitative estimate of drug-likeness (QED) is 0.578. The minimum absolute atomic E-state index is 0.589. The predicted octanol–water partition coefficient (Wildman–Crippen LogP) is 3.61. The lowest BCUT2D eigenvalue weighted by atomic mass is 10.1. The molecule has 1 rings (SSSR count). The summed E-state index contributed by atoms with van der Waals surface area (Å²) in [7, 11) is 1.88. The molecule has 0 amide bonds. The van der Waals surface area contributed by atoms with E-state index in [1.807, 2.05) is 7.05 Å². The van der Waals surface area contributed by atoms with E-state index in [-0.39, 0.29) is 0 Å². The van der Waals surface area contributed by atoms with Gasteiger partial charge < -0.3 is 5.32 Å². The molecule has 0 aromatic carbocycles. The fourth-order valence-electron chi connectivity index (χ4n) is 1.31. The number of rotatable bonds is 3. The second-order valence-corrected chi connectivity index (χ2v) is 4.75. The van der Waals surface area contributed by atoms with Gasteiger partial charge in [0, 0.05) is 7.05 Å². The van der Waals surface area contributed by atoms with Crippen LogP contribution in [0.5, 0.6) is 0 Å². The van der Waals surface area contributed by atoms with Crippen molar-refractivity contribution < 1.29 is 0 Å². The summed E-state index contributed by atoms with van der Waals surface area (Å²) >= 11 is 1.44. The highest BCUT2D eigenvalue weighted by molar-refractivity contribution is 8.17. The van der Waals surface area contributed by atoms with Gasteiger partial charge in [-0.3, -0.25) is 5.41 Å². The Morgan fingerprint density at radius 1 is 1.44 bits per heavy atom. The van der Waals surface area contributed by atoms with Gasteiger partial charge >= 0.3 is 0 Å². The van der Waals surface area contributed by atoms with Crippen LogP contribution in [0.3, 0.4) is 0 Å². The normalized spacial score (nSPS) is 23.6. The largest absolute Gasteiger partial charge is 0.383 e. The van der Waals surface area contributed by atoms with Crippen molar-refractivity contribution in [3.8, 4) is 0 Å². The first kappa shape index (κ1) is 12.8. The lowest BCUT2D eigenvalue weighted by molar-refractivity contribution is 1.04. The smallest absolute Gasteiger partial charge is 0.0744 e. The van der Waals surface area contributed by atoms with Gasteiger partial charge in [-0.05, 0) is 31.4 Å². The number of allylic oxidation sites excluding steroid dienone is 7. The summed E-state index contributed by atoms with van der Waals surface area (Å²) in [5, 5.41) is 12.1. The molecule has 16 heavy (non-hydrogen) atoms. The predicted molar refractivity (Wildman–Crippen MR) is 73.7 cm³/mol. The molecule has 2 nitrogen and oxygen atoms in total. The molecule has 0 unspecified atom stereocenters. The van der Waals surface area contributed by atoms with E-state index in [0.29, 0.717) is 5.04 Å². The van der Waals surface area contributed by atoms with E-state index in [1.54, 1.807) is 6.92 Å². The number of hydrogen-bond acceptors (Lipinski definition) is 3. The third kappa shape index (κ3) is 5.03. The molecule has 1 aliphatic carbocycles. The van der Waals surface area contributed by atoms with Crippen LogP contribution in [0.2, 0.25) is 0 Å². The van der Waals surface area contributed by atoms with Crippen LogP contribution in [0.4, 0.5) is 0 Å². The molecule has 0 aliphatic heterocycles. The summed E-state index contributed by atoms with van der Waals surface area (Å²) < 4.78 is 0. The molecule has 0 spiro atoms. The maximum Gasteiger partial charge on any atom is 0.0744 e. The van der Waals surface area contributed by atoms with E-state index in [4.69, 9.17) is 5.41 Å². The molecule has 0 aromatic heterocycles. The summed E-state index contributed by atoms with van der Waals surface area (Å²) in [6, 6.07) is 0. The van der Waals surface area contributed by atoms with Crippen molar-refractivity contribution in [3.05, 3.63) is 47.1 Å². The number of thioether (sulfide) groups is 1. The maximum absolute atomic E-state index is 7.45. The lowest BCUT2D eigenvalue weighted by Crippen LogP contribution is -2.04. The highest BCUT2D eigenvalue weighted by Crippen LogP contribution is 2.17.